The van der Waals surface area contributed by atoms with Gasteiger partial charge in [-0.2, -0.15) is 5.26 Å². The maximum absolute atomic E-state index is 12.5. The number of carbonyl (C=O) groups is 1. The lowest BCUT2D eigenvalue weighted by atomic mass is 9.98. The van der Waals surface area contributed by atoms with Crippen molar-refractivity contribution in [3.05, 3.63) is 47.5 Å². The zero-order valence-electron chi connectivity index (χ0n) is 18.6. The van der Waals surface area contributed by atoms with E-state index < -0.39 is 12.2 Å². The summed E-state index contributed by atoms with van der Waals surface area (Å²) in [4.78, 5) is 15.0. The minimum absolute atomic E-state index is 0.0546. The predicted octanol–water partition coefficient (Wildman–Crippen LogP) is 3.99. The number of aliphatic hydroxyl groups excluding tert-OH is 1. The molecule has 2 heterocycles. The van der Waals surface area contributed by atoms with Crippen molar-refractivity contribution >= 4 is 28.4 Å². The van der Waals surface area contributed by atoms with E-state index in [1.165, 1.54) is 24.9 Å². The number of nitrogens with zero attached hydrogens (tertiary/aromatic N) is 2. The van der Waals surface area contributed by atoms with Crippen molar-refractivity contribution < 1.29 is 14.6 Å². The Labute approximate surface area is 189 Å². The van der Waals surface area contributed by atoms with E-state index in [1.54, 1.807) is 6.08 Å². The summed E-state index contributed by atoms with van der Waals surface area (Å²) in [5.74, 6) is -0.329. The average Bonchev–Trinajstić information content (AvgIpc) is 2.83. The number of piperidine rings is 1. The molecule has 3 atom stereocenters. The highest BCUT2D eigenvalue weighted by Gasteiger charge is 2.27. The number of hydrogen-bond donors (Lipinski definition) is 2. The van der Waals surface area contributed by atoms with Crippen LogP contribution in [-0.4, -0.2) is 43.0 Å². The number of benzene rings is 2. The monoisotopic (exact) mass is 433 g/mol. The number of hydrogen-bond acceptors (Lipinski definition) is 5. The topological polar surface area (TPSA) is 85.6 Å². The molecular formula is C26H31N3O3. The van der Waals surface area contributed by atoms with Crippen LogP contribution in [0.2, 0.25) is 0 Å². The van der Waals surface area contributed by atoms with Crippen LogP contribution >= 0.6 is 0 Å². The first-order valence-electron chi connectivity index (χ1n) is 11.6. The quantitative estimate of drug-likeness (QED) is 0.550. The molecule has 4 rings (SSSR count). The van der Waals surface area contributed by atoms with Gasteiger partial charge in [-0.1, -0.05) is 25.1 Å². The first kappa shape index (κ1) is 22.3. The molecule has 1 amide bonds. The van der Waals surface area contributed by atoms with Crippen LogP contribution in [-0.2, 0) is 9.53 Å². The van der Waals surface area contributed by atoms with Gasteiger partial charge < -0.3 is 20.1 Å². The third-order valence-corrected chi connectivity index (χ3v) is 6.50. The van der Waals surface area contributed by atoms with Crippen LogP contribution in [0.25, 0.3) is 16.8 Å². The molecule has 2 aliphatic rings. The van der Waals surface area contributed by atoms with Gasteiger partial charge in [-0.15, -0.1) is 0 Å². The number of aliphatic hydroxyl groups is 1. The molecule has 2 unspecified atom stereocenters. The van der Waals surface area contributed by atoms with Gasteiger partial charge in [-0.3, -0.25) is 4.79 Å². The molecule has 2 fully saturated rings. The fourth-order valence-electron chi connectivity index (χ4n) is 4.45. The lowest BCUT2D eigenvalue weighted by Gasteiger charge is -2.31. The lowest BCUT2D eigenvalue weighted by Crippen LogP contribution is -2.41. The SMILES string of the molecule is CC1CC[C@@H](CNC(=O)/C(C#N)=C/c2ccc3cc(N4CCCCC4)ccc3c2)OC1O. The molecule has 0 aliphatic carbocycles. The van der Waals surface area contributed by atoms with Gasteiger partial charge in [0, 0.05) is 31.2 Å². The van der Waals surface area contributed by atoms with Crippen molar-refractivity contribution in [2.75, 3.05) is 24.5 Å². The third kappa shape index (κ3) is 5.29. The molecule has 6 nitrogen and oxygen atoms in total. The van der Waals surface area contributed by atoms with Crippen LogP contribution in [0.3, 0.4) is 0 Å². The Kier molecular flexibility index (Phi) is 7.09. The maximum atomic E-state index is 12.5. The van der Waals surface area contributed by atoms with Gasteiger partial charge in [0.25, 0.3) is 5.91 Å². The van der Waals surface area contributed by atoms with E-state index in [-0.39, 0.29) is 24.1 Å². The highest BCUT2D eigenvalue weighted by atomic mass is 16.6. The van der Waals surface area contributed by atoms with Crippen molar-refractivity contribution in [2.45, 2.75) is 51.4 Å². The Morgan fingerprint density at radius 2 is 1.94 bits per heavy atom. The number of amides is 1. The summed E-state index contributed by atoms with van der Waals surface area (Å²) in [6.45, 7) is 4.43. The highest BCUT2D eigenvalue weighted by molar-refractivity contribution is 6.02. The molecule has 0 aromatic heterocycles. The van der Waals surface area contributed by atoms with Crippen molar-refractivity contribution in [3.63, 3.8) is 0 Å². The number of nitrogens with one attached hydrogen (secondary N) is 1. The van der Waals surface area contributed by atoms with Gasteiger partial charge in [0.15, 0.2) is 6.29 Å². The minimum Gasteiger partial charge on any atom is -0.372 e. The Balaban J connectivity index is 1.43. The highest BCUT2D eigenvalue weighted by Crippen LogP contribution is 2.26. The Morgan fingerprint density at radius 1 is 1.19 bits per heavy atom. The van der Waals surface area contributed by atoms with Crippen molar-refractivity contribution in [1.82, 2.24) is 5.32 Å². The Morgan fingerprint density at radius 3 is 2.69 bits per heavy atom. The van der Waals surface area contributed by atoms with E-state index in [4.69, 9.17) is 4.74 Å². The van der Waals surface area contributed by atoms with E-state index >= 15 is 0 Å². The predicted molar refractivity (Wildman–Crippen MR) is 126 cm³/mol. The molecule has 0 spiro atoms. The van der Waals surface area contributed by atoms with Gasteiger partial charge in [0.1, 0.15) is 11.6 Å². The van der Waals surface area contributed by atoms with Gasteiger partial charge in [-0.05, 0) is 72.7 Å². The number of nitriles is 1. The number of fused-ring (bicyclic) bond motifs is 1. The summed E-state index contributed by atoms with van der Waals surface area (Å²) >= 11 is 0. The van der Waals surface area contributed by atoms with Crippen LogP contribution in [0.1, 0.15) is 44.6 Å². The van der Waals surface area contributed by atoms with Crippen LogP contribution in [0.15, 0.2) is 42.0 Å². The molecule has 2 aromatic carbocycles. The number of rotatable bonds is 5. The lowest BCUT2D eigenvalue weighted by molar-refractivity contribution is -0.188. The van der Waals surface area contributed by atoms with E-state index in [9.17, 15) is 15.2 Å². The Hall–Kier alpha value is -2.88. The van der Waals surface area contributed by atoms with E-state index in [0.717, 1.165) is 42.3 Å². The average molecular weight is 434 g/mol. The van der Waals surface area contributed by atoms with Gasteiger partial charge in [0.05, 0.1) is 6.10 Å². The summed E-state index contributed by atoms with van der Waals surface area (Å²) in [6, 6.07) is 14.5. The molecule has 2 N–H and O–H groups in total. The Bertz CT molecular complexity index is 1040. The molecule has 32 heavy (non-hydrogen) atoms. The molecule has 2 aromatic rings. The molecule has 0 bridgehead atoms. The van der Waals surface area contributed by atoms with Crippen LogP contribution < -0.4 is 10.2 Å². The summed E-state index contributed by atoms with van der Waals surface area (Å²) in [5, 5.41) is 24.3. The summed E-state index contributed by atoms with van der Waals surface area (Å²) in [7, 11) is 0. The molecule has 0 saturated carbocycles. The minimum atomic E-state index is -0.801. The van der Waals surface area contributed by atoms with Crippen molar-refractivity contribution in [2.24, 2.45) is 5.92 Å². The fourth-order valence-corrected chi connectivity index (χ4v) is 4.45. The summed E-state index contributed by atoms with van der Waals surface area (Å²) in [6.07, 6.45) is 5.99. The second kappa shape index (κ2) is 10.2. The van der Waals surface area contributed by atoms with Gasteiger partial charge in [0.2, 0.25) is 0 Å². The van der Waals surface area contributed by atoms with E-state index in [0.29, 0.717) is 0 Å². The normalized spacial score (nSPS) is 24.2. The molecule has 6 heteroatoms. The second-order valence-corrected chi connectivity index (χ2v) is 8.92. The smallest absolute Gasteiger partial charge is 0.262 e. The van der Waals surface area contributed by atoms with E-state index in [2.05, 4.69) is 28.4 Å². The largest absolute Gasteiger partial charge is 0.372 e. The summed E-state index contributed by atoms with van der Waals surface area (Å²) < 4.78 is 5.52. The maximum Gasteiger partial charge on any atom is 0.262 e. The first-order chi connectivity index (χ1) is 15.5. The van der Waals surface area contributed by atoms with E-state index in [1.807, 2.05) is 31.2 Å². The number of anilines is 1. The molecule has 2 aliphatic heterocycles. The van der Waals surface area contributed by atoms with Crippen LogP contribution in [0.5, 0.6) is 0 Å². The molecule has 168 valence electrons. The molecule has 2 saturated heterocycles. The van der Waals surface area contributed by atoms with Crippen molar-refractivity contribution in [3.8, 4) is 6.07 Å². The third-order valence-electron chi connectivity index (χ3n) is 6.50. The van der Waals surface area contributed by atoms with Crippen molar-refractivity contribution in [1.29, 1.82) is 5.26 Å². The van der Waals surface area contributed by atoms with Crippen LogP contribution in [0, 0.1) is 17.2 Å². The molecular weight excluding hydrogens is 402 g/mol. The summed E-state index contributed by atoms with van der Waals surface area (Å²) in [5.41, 5.74) is 2.12. The zero-order chi connectivity index (χ0) is 22.5. The standard InChI is InChI=1S/C26H31N3O3/c1-18-5-10-24(32-26(18)31)17-28-25(30)22(16-27)14-19-6-7-21-15-23(9-8-20(21)13-19)29-11-3-2-4-12-29/h6-9,13-15,18,24,26,31H,2-5,10-12,17H2,1H3,(H,28,30)/b22-14+/t18?,24-,26?/m0/s1. The number of carbonyl (C=O) groups excluding carboxylic acids is 1. The fraction of sp³-hybridized carbons (Fsp3) is 0.462. The molecule has 0 radical (unpaired) electrons. The van der Waals surface area contributed by atoms with Gasteiger partial charge >= 0.3 is 0 Å². The zero-order valence-corrected chi connectivity index (χ0v) is 18.6. The number of ether oxygens (including phenoxy) is 1. The second-order valence-electron chi connectivity index (χ2n) is 8.92. The first-order valence-corrected chi connectivity index (χ1v) is 11.6. The van der Waals surface area contributed by atoms with Gasteiger partial charge in [-0.25, -0.2) is 0 Å². The van der Waals surface area contributed by atoms with Crippen LogP contribution in [0.4, 0.5) is 5.69 Å².